The van der Waals surface area contributed by atoms with Crippen molar-refractivity contribution in [1.82, 2.24) is 4.98 Å². The van der Waals surface area contributed by atoms with Crippen LogP contribution in [0, 0.1) is 12.7 Å². The van der Waals surface area contributed by atoms with Crippen molar-refractivity contribution < 1.29 is 23.8 Å². The van der Waals surface area contributed by atoms with Crippen LogP contribution < -0.4 is 9.47 Å². The Balaban J connectivity index is 1.72. The fourth-order valence-electron chi connectivity index (χ4n) is 3.26. The van der Waals surface area contributed by atoms with Crippen molar-refractivity contribution in [3.05, 3.63) is 88.3 Å². The summed E-state index contributed by atoms with van der Waals surface area (Å²) in [5.41, 5.74) is 2.68. The van der Waals surface area contributed by atoms with Crippen LogP contribution in [0.5, 0.6) is 17.4 Å². The van der Waals surface area contributed by atoms with E-state index in [1.165, 1.54) is 18.3 Å². The number of halogens is 2. The summed E-state index contributed by atoms with van der Waals surface area (Å²) in [5, 5.41) is 9.56. The Kier molecular flexibility index (Phi) is 8.44. The third kappa shape index (κ3) is 6.80. The number of ether oxygens (including phenoxy) is 2. The Bertz CT molecular complexity index is 1120. The van der Waals surface area contributed by atoms with Gasteiger partial charge in [-0.15, -0.1) is 0 Å². The Morgan fingerprint density at radius 2 is 2.00 bits per heavy atom. The number of aliphatic carboxylic acids is 1. The smallest absolute Gasteiger partial charge is 0.328 e. The largest absolute Gasteiger partial charge is 0.487 e. The van der Waals surface area contributed by atoms with E-state index in [0.29, 0.717) is 34.4 Å². The number of unbranched alkanes of at least 4 members (excludes halogenated alkanes) is 1. The van der Waals surface area contributed by atoms with Gasteiger partial charge in [-0.05, 0) is 60.7 Å². The fourth-order valence-corrected chi connectivity index (χ4v) is 3.56. The summed E-state index contributed by atoms with van der Waals surface area (Å²) in [6.45, 7) is 3.98. The van der Waals surface area contributed by atoms with E-state index in [0.717, 1.165) is 29.5 Å². The molecule has 172 valence electrons. The number of carboxylic acids is 1. The Labute approximate surface area is 197 Å². The molecular formula is C26H25ClFNO4. The minimum atomic E-state index is -0.989. The van der Waals surface area contributed by atoms with E-state index in [-0.39, 0.29) is 12.4 Å². The van der Waals surface area contributed by atoms with Gasteiger partial charge in [0.05, 0.1) is 11.2 Å². The number of rotatable bonds is 10. The summed E-state index contributed by atoms with van der Waals surface area (Å²) < 4.78 is 25.2. The van der Waals surface area contributed by atoms with E-state index in [1.807, 2.05) is 13.0 Å². The van der Waals surface area contributed by atoms with Crippen molar-refractivity contribution in [3.63, 3.8) is 0 Å². The van der Waals surface area contributed by atoms with Crippen LogP contribution in [0.4, 0.5) is 4.39 Å². The fraction of sp³-hybridized carbons (Fsp3) is 0.231. The highest BCUT2D eigenvalue weighted by molar-refractivity contribution is 6.32. The zero-order valence-electron chi connectivity index (χ0n) is 18.5. The molecule has 3 aromatic rings. The number of pyridine rings is 1. The average Bonchev–Trinajstić information content (AvgIpc) is 2.79. The summed E-state index contributed by atoms with van der Waals surface area (Å²) in [5.74, 6) is -0.0775. The van der Waals surface area contributed by atoms with Crippen LogP contribution in [-0.4, -0.2) is 16.1 Å². The van der Waals surface area contributed by atoms with E-state index in [1.54, 1.807) is 36.4 Å². The highest BCUT2D eigenvalue weighted by atomic mass is 35.5. The molecular weight excluding hydrogens is 445 g/mol. The minimum Gasteiger partial charge on any atom is -0.487 e. The van der Waals surface area contributed by atoms with Crippen LogP contribution in [0.25, 0.3) is 5.57 Å². The van der Waals surface area contributed by atoms with Crippen molar-refractivity contribution in [3.8, 4) is 17.4 Å². The SMILES string of the molecule is CCCC/C(=C\C(=O)O)c1cc(C)c(Oc2ccc(OCc3ccccc3F)cn2)c(Cl)c1. The van der Waals surface area contributed by atoms with Gasteiger partial charge in [-0.2, -0.15) is 0 Å². The molecule has 2 aromatic carbocycles. The quantitative estimate of drug-likeness (QED) is 0.317. The van der Waals surface area contributed by atoms with Gasteiger partial charge >= 0.3 is 5.97 Å². The first-order chi connectivity index (χ1) is 15.9. The molecule has 1 heterocycles. The zero-order chi connectivity index (χ0) is 23.8. The van der Waals surface area contributed by atoms with E-state index < -0.39 is 5.97 Å². The number of allylic oxidation sites excluding steroid dienone is 1. The maximum Gasteiger partial charge on any atom is 0.328 e. The summed E-state index contributed by atoms with van der Waals surface area (Å²) in [6, 6.07) is 13.3. The number of aryl methyl sites for hydroxylation is 1. The zero-order valence-corrected chi connectivity index (χ0v) is 19.2. The van der Waals surface area contributed by atoms with Gasteiger partial charge in [0.2, 0.25) is 5.88 Å². The second kappa shape index (κ2) is 11.5. The van der Waals surface area contributed by atoms with Gasteiger partial charge in [-0.3, -0.25) is 0 Å². The molecule has 0 bridgehead atoms. The molecule has 0 aliphatic rings. The summed E-state index contributed by atoms with van der Waals surface area (Å²) >= 11 is 6.48. The highest BCUT2D eigenvalue weighted by Gasteiger charge is 2.13. The maximum absolute atomic E-state index is 13.7. The first-order valence-electron chi connectivity index (χ1n) is 10.6. The molecule has 0 saturated carbocycles. The molecule has 0 saturated heterocycles. The number of nitrogens with zero attached hydrogens (tertiary/aromatic N) is 1. The standard InChI is InChI=1S/C26H25ClFNO4/c1-3-4-7-18(14-25(30)31)20-12-17(2)26(22(27)13-20)33-24-11-10-21(15-29-24)32-16-19-8-5-6-9-23(19)28/h5-6,8-15H,3-4,7,16H2,1-2H3,(H,30,31)/b18-14+. The molecule has 3 rings (SSSR count). The Morgan fingerprint density at radius 1 is 1.21 bits per heavy atom. The van der Waals surface area contributed by atoms with Gasteiger partial charge in [-0.25, -0.2) is 14.2 Å². The Hall–Kier alpha value is -3.38. The van der Waals surface area contributed by atoms with Crippen LogP contribution in [-0.2, 0) is 11.4 Å². The van der Waals surface area contributed by atoms with Gasteiger partial charge < -0.3 is 14.6 Å². The van der Waals surface area contributed by atoms with Crippen LogP contribution in [0.15, 0.2) is 60.8 Å². The summed E-state index contributed by atoms with van der Waals surface area (Å²) in [4.78, 5) is 15.5. The Morgan fingerprint density at radius 3 is 2.64 bits per heavy atom. The van der Waals surface area contributed by atoms with Crippen molar-refractivity contribution in [2.75, 3.05) is 0 Å². The molecule has 0 amide bonds. The van der Waals surface area contributed by atoms with Gasteiger partial charge in [0, 0.05) is 17.7 Å². The lowest BCUT2D eigenvalue weighted by Crippen LogP contribution is -1.99. The number of benzene rings is 2. The number of hydrogen-bond donors (Lipinski definition) is 1. The van der Waals surface area contributed by atoms with Crippen LogP contribution in [0.3, 0.4) is 0 Å². The molecule has 0 atom stereocenters. The number of aromatic nitrogens is 1. The third-order valence-corrected chi connectivity index (χ3v) is 5.25. The predicted molar refractivity (Wildman–Crippen MR) is 126 cm³/mol. The predicted octanol–water partition coefficient (Wildman–Crippen LogP) is 7.21. The second-order valence-electron chi connectivity index (χ2n) is 7.53. The lowest BCUT2D eigenvalue weighted by molar-refractivity contribution is -0.131. The molecule has 1 aromatic heterocycles. The van der Waals surface area contributed by atoms with E-state index in [9.17, 15) is 14.3 Å². The van der Waals surface area contributed by atoms with Gasteiger partial charge in [-0.1, -0.05) is 43.1 Å². The van der Waals surface area contributed by atoms with Gasteiger partial charge in [0.25, 0.3) is 0 Å². The second-order valence-corrected chi connectivity index (χ2v) is 7.94. The summed E-state index contributed by atoms with van der Waals surface area (Å²) in [6.07, 6.45) is 5.20. The van der Waals surface area contributed by atoms with Crippen molar-refractivity contribution >= 4 is 23.1 Å². The number of hydrogen-bond acceptors (Lipinski definition) is 4. The van der Waals surface area contributed by atoms with E-state index in [2.05, 4.69) is 11.9 Å². The van der Waals surface area contributed by atoms with Crippen LogP contribution >= 0.6 is 11.6 Å². The lowest BCUT2D eigenvalue weighted by Gasteiger charge is -2.14. The van der Waals surface area contributed by atoms with Crippen molar-refractivity contribution in [1.29, 1.82) is 0 Å². The molecule has 0 spiro atoms. The molecule has 0 radical (unpaired) electrons. The number of carbonyl (C=O) groups is 1. The van der Waals surface area contributed by atoms with E-state index >= 15 is 0 Å². The van der Waals surface area contributed by atoms with Gasteiger partial charge in [0.15, 0.2) is 5.75 Å². The molecule has 0 aliphatic carbocycles. The number of carboxylic acid groups (broad SMARTS) is 1. The van der Waals surface area contributed by atoms with Crippen molar-refractivity contribution in [2.45, 2.75) is 39.7 Å². The first-order valence-corrected chi connectivity index (χ1v) is 11.0. The minimum absolute atomic E-state index is 0.0885. The molecule has 0 aliphatic heterocycles. The molecule has 0 unspecified atom stereocenters. The van der Waals surface area contributed by atoms with Gasteiger partial charge in [0.1, 0.15) is 18.2 Å². The highest BCUT2D eigenvalue weighted by Crippen LogP contribution is 2.36. The topological polar surface area (TPSA) is 68.7 Å². The lowest BCUT2D eigenvalue weighted by atomic mass is 9.98. The first kappa shape index (κ1) is 24.3. The van der Waals surface area contributed by atoms with Crippen LogP contribution in [0.2, 0.25) is 5.02 Å². The monoisotopic (exact) mass is 469 g/mol. The van der Waals surface area contributed by atoms with Crippen LogP contribution in [0.1, 0.15) is 42.9 Å². The normalized spacial score (nSPS) is 11.3. The third-order valence-electron chi connectivity index (χ3n) is 4.97. The maximum atomic E-state index is 13.7. The molecule has 5 nitrogen and oxygen atoms in total. The average molecular weight is 470 g/mol. The molecule has 7 heteroatoms. The summed E-state index contributed by atoms with van der Waals surface area (Å²) in [7, 11) is 0. The molecule has 1 N–H and O–H groups in total. The van der Waals surface area contributed by atoms with Crippen molar-refractivity contribution in [2.24, 2.45) is 0 Å². The molecule has 33 heavy (non-hydrogen) atoms. The molecule has 0 fully saturated rings. The van der Waals surface area contributed by atoms with E-state index in [4.69, 9.17) is 21.1 Å².